The molecule has 0 spiro atoms. The molecule has 1 aliphatic heterocycles. The molecule has 1 aromatic heterocycles. The van der Waals surface area contributed by atoms with E-state index in [-0.39, 0.29) is 6.10 Å². The van der Waals surface area contributed by atoms with Crippen molar-refractivity contribution in [2.75, 3.05) is 32.9 Å². The highest BCUT2D eigenvalue weighted by atomic mass is 16.6. The average molecular weight is 225 g/mol. The molecular formula is C11H19N3O2. The molecule has 1 atom stereocenters. The van der Waals surface area contributed by atoms with Gasteiger partial charge in [-0.25, -0.2) is 4.98 Å². The number of aromatic nitrogens is 2. The Morgan fingerprint density at radius 1 is 1.56 bits per heavy atom. The summed E-state index contributed by atoms with van der Waals surface area (Å²) in [5.41, 5.74) is 0. The lowest BCUT2D eigenvalue weighted by Crippen LogP contribution is -2.38. The first-order chi connectivity index (χ1) is 7.86. The van der Waals surface area contributed by atoms with Crippen LogP contribution in [0.25, 0.3) is 0 Å². The number of hydrogen-bond acceptors (Lipinski definition) is 4. The molecule has 5 heteroatoms. The Labute approximate surface area is 95.8 Å². The second kappa shape index (κ2) is 5.98. The number of nitrogens with zero attached hydrogens (tertiary/aromatic N) is 2. The van der Waals surface area contributed by atoms with Crippen molar-refractivity contribution in [1.82, 2.24) is 14.9 Å². The van der Waals surface area contributed by atoms with E-state index in [2.05, 4.69) is 10.3 Å². The molecule has 1 fully saturated rings. The van der Waals surface area contributed by atoms with Gasteiger partial charge in [-0.1, -0.05) is 0 Å². The minimum absolute atomic E-state index is 0.204. The van der Waals surface area contributed by atoms with Gasteiger partial charge in [-0.15, -0.1) is 0 Å². The van der Waals surface area contributed by atoms with Crippen LogP contribution in [0.2, 0.25) is 0 Å². The first kappa shape index (κ1) is 11.6. The van der Waals surface area contributed by atoms with Gasteiger partial charge in [0.1, 0.15) is 5.82 Å². The van der Waals surface area contributed by atoms with Crippen molar-refractivity contribution in [3.05, 3.63) is 18.2 Å². The van der Waals surface area contributed by atoms with E-state index in [9.17, 15) is 0 Å². The lowest BCUT2D eigenvalue weighted by Gasteiger charge is -2.23. The van der Waals surface area contributed by atoms with E-state index >= 15 is 0 Å². The summed E-state index contributed by atoms with van der Waals surface area (Å²) in [7, 11) is 2.01. The van der Waals surface area contributed by atoms with Crippen molar-refractivity contribution in [1.29, 1.82) is 0 Å². The maximum absolute atomic E-state index is 5.53. The fourth-order valence-electron chi connectivity index (χ4n) is 1.76. The molecule has 0 aromatic carbocycles. The Morgan fingerprint density at radius 3 is 3.19 bits per heavy atom. The number of imidazole rings is 1. The second-order valence-electron chi connectivity index (χ2n) is 3.98. The molecule has 0 aliphatic carbocycles. The molecule has 1 aromatic rings. The highest BCUT2D eigenvalue weighted by molar-refractivity contribution is 4.91. The molecule has 0 saturated carbocycles. The van der Waals surface area contributed by atoms with Crippen LogP contribution in [-0.4, -0.2) is 48.6 Å². The Kier molecular flexibility index (Phi) is 4.33. The molecule has 90 valence electrons. The van der Waals surface area contributed by atoms with Gasteiger partial charge in [0, 0.05) is 39.0 Å². The third kappa shape index (κ3) is 3.30. The van der Waals surface area contributed by atoms with Crippen LogP contribution in [0.4, 0.5) is 0 Å². The zero-order valence-electron chi connectivity index (χ0n) is 9.69. The summed E-state index contributed by atoms with van der Waals surface area (Å²) in [6.07, 6.45) is 4.94. The largest absolute Gasteiger partial charge is 0.376 e. The second-order valence-corrected chi connectivity index (χ2v) is 3.98. The predicted molar refractivity (Wildman–Crippen MR) is 60.3 cm³/mol. The summed E-state index contributed by atoms with van der Waals surface area (Å²) in [5.74, 6) is 1.10. The Hall–Kier alpha value is -0.910. The van der Waals surface area contributed by atoms with E-state index in [1.165, 1.54) is 0 Å². The SMILES string of the molecule is Cn1ccnc1CCNCC1COCCO1. The topological polar surface area (TPSA) is 48.3 Å². The van der Waals surface area contributed by atoms with E-state index in [1.54, 1.807) is 0 Å². The average Bonchev–Trinajstić information content (AvgIpc) is 2.72. The van der Waals surface area contributed by atoms with Gasteiger partial charge in [-0.3, -0.25) is 0 Å². The van der Waals surface area contributed by atoms with Crippen LogP contribution in [0.5, 0.6) is 0 Å². The van der Waals surface area contributed by atoms with Crippen molar-refractivity contribution >= 4 is 0 Å². The third-order valence-electron chi connectivity index (χ3n) is 2.70. The van der Waals surface area contributed by atoms with Gasteiger partial charge in [0.05, 0.1) is 25.9 Å². The van der Waals surface area contributed by atoms with Crippen LogP contribution in [-0.2, 0) is 22.9 Å². The Balaban J connectivity index is 1.59. The van der Waals surface area contributed by atoms with Gasteiger partial charge in [0.2, 0.25) is 0 Å². The van der Waals surface area contributed by atoms with Crippen LogP contribution >= 0.6 is 0 Å². The van der Waals surface area contributed by atoms with Gasteiger partial charge >= 0.3 is 0 Å². The van der Waals surface area contributed by atoms with Crippen LogP contribution in [0.15, 0.2) is 12.4 Å². The zero-order valence-corrected chi connectivity index (χ0v) is 9.69. The van der Waals surface area contributed by atoms with Crippen LogP contribution in [0, 0.1) is 0 Å². The van der Waals surface area contributed by atoms with Gasteiger partial charge in [0.15, 0.2) is 0 Å². The lowest BCUT2D eigenvalue weighted by atomic mass is 10.3. The summed E-state index contributed by atoms with van der Waals surface area (Å²) < 4.78 is 12.9. The lowest BCUT2D eigenvalue weighted by molar-refractivity contribution is -0.0862. The van der Waals surface area contributed by atoms with Gasteiger partial charge < -0.3 is 19.4 Å². The normalized spacial score (nSPS) is 21.2. The van der Waals surface area contributed by atoms with E-state index < -0.39 is 0 Å². The predicted octanol–water partition coefficient (Wildman–Crippen LogP) is -0.0324. The third-order valence-corrected chi connectivity index (χ3v) is 2.70. The molecule has 5 nitrogen and oxygen atoms in total. The monoisotopic (exact) mass is 225 g/mol. The standard InChI is InChI=1S/C11H19N3O2/c1-14-5-4-13-11(14)2-3-12-8-10-9-15-6-7-16-10/h4-5,10,12H,2-3,6-9H2,1H3. The summed E-state index contributed by atoms with van der Waals surface area (Å²) in [5, 5.41) is 3.36. The first-order valence-electron chi connectivity index (χ1n) is 5.72. The van der Waals surface area contributed by atoms with Gasteiger partial charge in [0.25, 0.3) is 0 Å². The molecule has 2 rings (SSSR count). The molecule has 1 N–H and O–H groups in total. The number of rotatable bonds is 5. The number of ether oxygens (including phenoxy) is 2. The number of nitrogens with one attached hydrogen (secondary N) is 1. The van der Waals surface area contributed by atoms with Gasteiger partial charge in [-0.05, 0) is 0 Å². The molecule has 16 heavy (non-hydrogen) atoms. The molecule has 1 saturated heterocycles. The smallest absolute Gasteiger partial charge is 0.109 e. The molecule has 1 aliphatic rings. The van der Waals surface area contributed by atoms with Crippen molar-refractivity contribution < 1.29 is 9.47 Å². The minimum atomic E-state index is 0.204. The van der Waals surface area contributed by atoms with E-state index in [1.807, 2.05) is 24.0 Å². The quantitative estimate of drug-likeness (QED) is 0.715. The molecule has 0 amide bonds. The van der Waals surface area contributed by atoms with Crippen molar-refractivity contribution in [3.8, 4) is 0 Å². The summed E-state index contributed by atoms with van der Waals surface area (Å²) in [4.78, 5) is 4.27. The molecule has 0 bridgehead atoms. The summed E-state index contributed by atoms with van der Waals surface area (Å²) in [6.45, 7) is 3.92. The van der Waals surface area contributed by atoms with Gasteiger partial charge in [-0.2, -0.15) is 0 Å². The van der Waals surface area contributed by atoms with E-state index in [0.29, 0.717) is 13.2 Å². The fraction of sp³-hybridized carbons (Fsp3) is 0.727. The first-order valence-corrected chi connectivity index (χ1v) is 5.72. The zero-order chi connectivity index (χ0) is 11.2. The maximum atomic E-state index is 5.53. The van der Waals surface area contributed by atoms with Crippen molar-refractivity contribution in [2.24, 2.45) is 7.05 Å². The van der Waals surface area contributed by atoms with Crippen molar-refractivity contribution in [3.63, 3.8) is 0 Å². The van der Waals surface area contributed by atoms with Crippen LogP contribution in [0.1, 0.15) is 5.82 Å². The van der Waals surface area contributed by atoms with Crippen LogP contribution < -0.4 is 5.32 Å². The maximum Gasteiger partial charge on any atom is 0.109 e. The number of aryl methyl sites for hydroxylation is 1. The highest BCUT2D eigenvalue weighted by Gasteiger charge is 2.13. The molecule has 1 unspecified atom stereocenters. The highest BCUT2D eigenvalue weighted by Crippen LogP contribution is 1.99. The Morgan fingerprint density at radius 2 is 2.50 bits per heavy atom. The van der Waals surface area contributed by atoms with E-state index in [4.69, 9.17) is 9.47 Å². The summed E-state index contributed by atoms with van der Waals surface area (Å²) >= 11 is 0. The van der Waals surface area contributed by atoms with E-state index in [0.717, 1.165) is 31.9 Å². The minimum Gasteiger partial charge on any atom is -0.376 e. The molecule has 2 heterocycles. The molecule has 0 radical (unpaired) electrons. The Bertz CT molecular complexity index is 308. The fourth-order valence-corrected chi connectivity index (χ4v) is 1.76. The van der Waals surface area contributed by atoms with Crippen LogP contribution in [0.3, 0.4) is 0 Å². The summed E-state index contributed by atoms with van der Waals surface area (Å²) in [6, 6.07) is 0. The molecular weight excluding hydrogens is 206 g/mol. The number of hydrogen-bond donors (Lipinski definition) is 1. The van der Waals surface area contributed by atoms with Crippen molar-refractivity contribution in [2.45, 2.75) is 12.5 Å².